The molecule has 5 N–H and O–H groups in total. The van der Waals surface area contributed by atoms with Gasteiger partial charge in [-0.05, 0) is 25.0 Å². The van der Waals surface area contributed by atoms with Crippen LogP contribution in [0.25, 0.3) is 10.9 Å². The van der Waals surface area contributed by atoms with Gasteiger partial charge in [0.15, 0.2) is 0 Å². The van der Waals surface area contributed by atoms with Crippen LogP contribution >= 0.6 is 0 Å². The van der Waals surface area contributed by atoms with Crippen LogP contribution in [-0.2, 0) is 0 Å². The molecule has 0 saturated heterocycles. The highest BCUT2D eigenvalue weighted by Gasteiger charge is 2.27. The molecule has 1 heterocycles. The molecule has 0 atom stereocenters. The Labute approximate surface area is 92.6 Å². The summed E-state index contributed by atoms with van der Waals surface area (Å²) in [6, 6.07) is 4.19. The molecule has 5 nitrogen and oxygen atoms in total. The zero-order valence-electron chi connectivity index (χ0n) is 8.77. The number of hydrogen-bond donors (Lipinski definition) is 4. The molecule has 0 radical (unpaired) electrons. The van der Waals surface area contributed by atoms with Crippen molar-refractivity contribution in [3.63, 3.8) is 0 Å². The molecule has 5 heteroatoms. The predicted molar refractivity (Wildman–Crippen MR) is 63.2 cm³/mol. The maximum atomic E-state index is 9.22. The van der Waals surface area contributed by atoms with Gasteiger partial charge in [-0.3, -0.25) is 5.10 Å². The molecule has 1 aliphatic carbocycles. The van der Waals surface area contributed by atoms with Crippen molar-refractivity contribution in [2.24, 2.45) is 0 Å². The number of nitrogens with one attached hydrogen (secondary N) is 2. The van der Waals surface area contributed by atoms with Gasteiger partial charge in [0.2, 0.25) is 0 Å². The van der Waals surface area contributed by atoms with Crippen molar-refractivity contribution in [3.05, 3.63) is 18.3 Å². The van der Waals surface area contributed by atoms with Crippen LogP contribution in [0.1, 0.15) is 12.8 Å². The Morgan fingerprint density at radius 1 is 1.44 bits per heavy atom. The van der Waals surface area contributed by atoms with Crippen molar-refractivity contribution in [3.8, 4) is 0 Å². The van der Waals surface area contributed by atoms with Crippen molar-refractivity contribution in [2.45, 2.75) is 25.0 Å². The fraction of sp³-hybridized carbons (Fsp3) is 0.364. The van der Waals surface area contributed by atoms with E-state index in [9.17, 15) is 5.11 Å². The zero-order chi connectivity index (χ0) is 11.1. The van der Waals surface area contributed by atoms with Gasteiger partial charge in [-0.25, -0.2) is 0 Å². The van der Waals surface area contributed by atoms with E-state index in [0.29, 0.717) is 6.04 Å². The second kappa shape index (κ2) is 3.38. The number of H-pyrrole nitrogens is 1. The van der Waals surface area contributed by atoms with Crippen LogP contribution in [0.5, 0.6) is 0 Å². The maximum Gasteiger partial charge on any atom is 0.0672 e. The molecular weight excluding hydrogens is 204 g/mol. The minimum atomic E-state index is -0.158. The average Bonchev–Trinajstić information content (AvgIpc) is 2.63. The van der Waals surface area contributed by atoms with E-state index < -0.39 is 0 Å². The molecule has 0 unspecified atom stereocenters. The number of nitrogens with two attached hydrogens (primary N) is 1. The lowest BCUT2D eigenvalue weighted by molar-refractivity contribution is 0.0837. The number of nitrogens with zero attached hydrogens (tertiary/aromatic N) is 1. The van der Waals surface area contributed by atoms with Gasteiger partial charge in [0.25, 0.3) is 0 Å². The second-order valence-electron chi connectivity index (χ2n) is 4.36. The van der Waals surface area contributed by atoms with Gasteiger partial charge in [0.05, 0.1) is 29.2 Å². The first-order valence-corrected chi connectivity index (χ1v) is 5.39. The van der Waals surface area contributed by atoms with Crippen LogP contribution in [0.4, 0.5) is 11.4 Å². The number of hydrogen-bond acceptors (Lipinski definition) is 4. The van der Waals surface area contributed by atoms with Crippen LogP contribution < -0.4 is 11.1 Å². The molecule has 0 spiro atoms. The zero-order valence-corrected chi connectivity index (χ0v) is 8.77. The summed E-state index contributed by atoms with van der Waals surface area (Å²) >= 11 is 0. The van der Waals surface area contributed by atoms with Crippen LogP contribution in [0.3, 0.4) is 0 Å². The number of aliphatic hydroxyl groups excluding tert-OH is 1. The molecule has 84 valence electrons. The molecule has 3 rings (SSSR count). The largest absolute Gasteiger partial charge is 0.397 e. The van der Waals surface area contributed by atoms with E-state index in [2.05, 4.69) is 15.5 Å². The smallest absolute Gasteiger partial charge is 0.0672 e. The summed E-state index contributed by atoms with van der Waals surface area (Å²) in [5, 5.41) is 20.4. The minimum absolute atomic E-state index is 0.158. The fourth-order valence-electron chi connectivity index (χ4n) is 2.06. The first-order chi connectivity index (χ1) is 7.72. The Bertz CT molecular complexity index is 516. The van der Waals surface area contributed by atoms with Crippen LogP contribution in [-0.4, -0.2) is 27.4 Å². The lowest BCUT2D eigenvalue weighted by Gasteiger charge is -2.33. The molecule has 1 aromatic heterocycles. The number of rotatable bonds is 2. The predicted octanol–water partition coefficient (Wildman–Crippen LogP) is 1.08. The monoisotopic (exact) mass is 218 g/mol. The van der Waals surface area contributed by atoms with Gasteiger partial charge < -0.3 is 16.2 Å². The van der Waals surface area contributed by atoms with Gasteiger partial charge in [-0.2, -0.15) is 5.10 Å². The van der Waals surface area contributed by atoms with E-state index in [4.69, 9.17) is 5.73 Å². The number of benzene rings is 1. The molecule has 0 bridgehead atoms. The van der Waals surface area contributed by atoms with Gasteiger partial charge in [-0.1, -0.05) is 0 Å². The van der Waals surface area contributed by atoms with Gasteiger partial charge in [0, 0.05) is 11.4 Å². The van der Waals surface area contributed by atoms with Crippen LogP contribution in [0.15, 0.2) is 18.3 Å². The fourth-order valence-corrected chi connectivity index (χ4v) is 2.06. The molecular formula is C11H14N4O. The summed E-state index contributed by atoms with van der Waals surface area (Å²) in [4.78, 5) is 0. The lowest BCUT2D eigenvalue weighted by atomic mass is 9.89. The van der Waals surface area contributed by atoms with Crippen molar-refractivity contribution in [1.29, 1.82) is 0 Å². The Hall–Kier alpha value is -1.75. The molecule has 0 aliphatic heterocycles. The number of aliphatic hydroxyl groups is 1. The molecule has 1 aliphatic rings. The third-order valence-corrected chi connectivity index (χ3v) is 3.08. The standard InChI is InChI=1S/C11H14N4O/c12-9-1-6-5-13-15-10(6)4-11(9)14-7-2-8(16)3-7/h1,4-5,7-8,14,16H,2-3,12H2,(H,13,15). The minimum Gasteiger partial charge on any atom is -0.397 e. The second-order valence-corrected chi connectivity index (χ2v) is 4.36. The van der Waals surface area contributed by atoms with Crippen molar-refractivity contribution >= 4 is 22.3 Å². The summed E-state index contributed by atoms with van der Waals surface area (Å²) in [5.41, 5.74) is 8.54. The van der Waals surface area contributed by atoms with Crippen molar-refractivity contribution in [2.75, 3.05) is 11.1 Å². The summed E-state index contributed by atoms with van der Waals surface area (Å²) in [7, 11) is 0. The average molecular weight is 218 g/mol. The molecule has 1 fully saturated rings. The molecule has 16 heavy (non-hydrogen) atoms. The van der Waals surface area contributed by atoms with E-state index in [1.54, 1.807) is 6.20 Å². The van der Waals surface area contributed by atoms with Gasteiger partial charge >= 0.3 is 0 Å². The Balaban J connectivity index is 1.87. The number of nitrogen functional groups attached to an aromatic ring is 1. The summed E-state index contributed by atoms with van der Waals surface area (Å²) < 4.78 is 0. The van der Waals surface area contributed by atoms with E-state index in [-0.39, 0.29) is 6.10 Å². The highest BCUT2D eigenvalue weighted by atomic mass is 16.3. The van der Waals surface area contributed by atoms with Crippen molar-refractivity contribution in [1.82, 2.24) is 10.2 Å². The summed E-state index contributed by atoms with van der Waals surface area (Å²) in [6.45, 7) is 0. The summed E-state index contributed by atoms with van der Waals surface area (Å²) in [6.07, 6.45) is 3.18. The van der Waals surface area contributed by atoms with Gasteiger partial charge in [-0.15, -0.1) is 0 Å². The Kier molecular flexibility index (Phi) is 2.00. The van der Waals surface area contributed by atoms with E-state index in [0.717, 1.165) is 35.1 Å². The third-order valence-electron chi connectivity index (χ3n) is 3.08. The first-order valence-electron chi connectivity index (χ1n) is 5.39. The lowest BCUT2D eigenvalue weighted by Crippen LogP contribution is -2.39. The quantitative estimate of drug-likeness (QED) is 0.568. The topological polar surface area (TPSA) is 87.0 Å². The number of aromatic amines is 1. The van der Waals surface area contributed by atoms with Crippen molar-refractivity contribution < 1.29 is 5.11 Å². The molecule has 2 aromatic rings. The third kappa shape index (κ3) is 1.49. The van der Waals surface area contributed by atoms with E-state index in [1.165, 1.54) is 0 Å². The highest BCUT2D eigenvalue weighted by Crippen LogP contribution is 2.29. The summed E-state index contributed by atoms with van der Waals surface area (Å²) in [5.74, 6) is 0. The van der Waals surface area contributed by atoms with E-state index in [1.807, 2.05) is 12.1 Å². The number of anilines is 2. The molecule has 1 saturated carbocycles. The highest BCUT2D eigenvalue weighted by molar-refractivity contribution is 5.88. The normalized spacial score (nSPS) is 24.3. The van der Waals surface area contributed by atoms with E-state index >= 15 is 0 Å². The Morgan fingerprint density at radius 3 is 3.00 bits per heavy atom. The molecule has 0 amide bonds. The Morgan fingerprint density at radius 2 is 2.25 bits per heavy atom. The number of fused-ring (bicyclic) bond motifs is 1. The number of aromatic nitrogens is 2. The SMILES string of the molecule is Nc1cc2cn[nH]c2cc1NC1CC(O)C1. The first kappa shape index (κ1) is 9.47. The maximum absolute atomic E-state index is 9.22. The van der Waals surface area contributed by atoms with Crippen LogP contribution in [0.2, 0.25) is 0 Å². The van der Waals surface area contributed by atoms with Crippen LogP contribution in [0, 0.1) is 0 Å². The van der Waals surface area contributed by atoms with Gasteiger partial charge in [0.1, 0.15) is 0 Å². The molecule has 1 aromatic carbocycles.